The number of nitrogens with one attached hydrogen (secondary N) is 1. The van der Waals surface area contributed by atoms with E-state index < -0.39 is 32.8 Å². The molecule has 1 unspecified atom stereocenters. The van der Waals surface area contributed by atoms with E-state index in [2.05, 4.69) is 19.5 Å². The third-order valence-corrected chi connectivity index (χ3v) is 8.74. The molecule has 208 valence electrons. The lowest BCUT2D eigenvalue weighted by atomic mass is 10.2. The van der Waals surface area contributed by atoms with Gasteiger partial charge in [-0.2, -0.15) is 13.2 Å². The van der Waals surface area contributed by atoms with Crippen molar-refractivity contribution in [1.82, 2.24) is 19.5 Å². The minimum absolute atomic E-state index is 0.0387. The fraction of sp³-hybridized carbons (Fsp3) is 0.480. The van der Waals surface area contributed by atoms with Gasteiger partial charge in [-0.15, -0.1) is 11.3 Å². The minimum Gasteiger partial charge on any atom is -0.491 e. The van der Waals surface area contributed by atoms with Gasteiger partial charge in [0.1, 0.15) is 18.5 Å². The molecule has 0 radical (unpaired) electrons. The highest BCUT2D eigenvalue weighted by molar-refractivity contribution is 7.89. The largest absolute Gasteiger partial charge is 0.491 e. The summed E-state index contributed by atoms with van der Waals surface area (Å²) < 4.78 is 73.5. The lowest BCUT2D eigenvalue weighted by molar-refractivity contribution is -0.139. The van der Waals surface area contributed by atoms with Crippen LogP contribution in [-0.2, 0) is 16.2 Å². The Morgan fingerprint density at radius 2 is 1.84 bits per heavy atom. The van der Waals surface area contributed by atoms with Crippen LogP contribution in [0.1, 0.15) is 17.0 Å². The van der Waals surface area contributed by atoms with Crippen LogP contribution in [0.3, 0.4) is 0 Å². The summed E-state index contributed by atoms with van der Waals surface area (Å²) in [5, 5.41) is 11.4. The molecule has 38 heavy (non-hydrogen) atoms. The Balaban J connectivity index is 1.14. The Morgan fingerprint density at radius 1 is 1.13 bits per heavy atom. The quantitative estimate of drug-likeness (QED) is 0.341. The van der Waals surface area contributed by atoms with E-state index in [9.17, 15) is 26.7 Å². The lowest BCUT2D eigenvalue weighted by Gasteiger charge is -2.35. The van der Waals surface area contributed by atoms with Crippen molar-refractivity contribution in [2.75, 3.05) is 52.4 Å². The predicted octanol–water partition coefficient (Wildman–Crippen LogP) is 3.35. The number of alkyl halides is 3. The summed E-state index contributed by atoms with van der Waals surface area (Å²) in [4.78, 5) is 8.01. The van der Waals surface area contributed by atoms with Gasteiger partial charge in [-0.3, -0.25) is 4.90 Å². The molecule has 0 amide bonds. The first-order chi connectivity index (χ1) is 18.0. The van der Waals surface area contributed by atoms with Crippen LogP contribution in [0.4, 0.5) is 13.2 Å². The Morgan fingerprint density at radius 3 is 2.58 bits per heavy atom. The summed E-state index contributed by atoms with van der Waals surface area (Å²) in [7, 11) is -4.27. The number of aliphatic hydroxyl groups is 1. The lowest BCUT2D eigenvalue weighted by Crippen LogP contribution is -2.49. The average Bonchev–Trinajstić information content (AvgIpc) is 3.25. The molecule has 0 bridgehead atoms. The Bertz CT molecular complexity index is 1330. The Kier molecular flexibility index (Phi) is 9.27. The second kappa shape index (κ2) is 12.3. The molecule has 1 saturated heterocycles. The number of ether oxygens (including phenoxy) is 1. The molecule has 2 heterocycles. The van der Waals surface area contributed by atoms with Gasteiger partial charge in [0.15, 0.2) is 0 Å². The summed E-state index contributed by atoms with van der Waals surface area (Å²) in [6.45, 7) is 6.24. The van der Waals surface area contributed by atoms with Gasteiger partial charge in [-0.25, -0.2) is 18.1 Å². The van der Waals surface area contributed by atoms with Gasteiger partial charge >= 0.3 is 6.18 Å². The van der Waals surface area contributed by atoms with E-state index in [4.69, 9.17) is 4.74 Å². The van der Waals surface area contributed by atoms with Gasteiger partial charge < -0.3 is 14.7 Å². The number of aryl methyl sites for hydroxylation is 1. The molecule has 1 fully saturated rings. The van der Waals surface area contributed by atoms with Crippen molar-refractivity contribution in [3.8, 4) is 5.75 Å². The fourth-order valence-electron chi connectivity index (χ4n) is 4.37. The topological polar surface area (TPSA) is 95.0 Å². The van der Waals surface area contributed by atoms with Gasteiger partial charge in [0.2, 0.25) is 10.0 Å². The van der Waals surface area contributed by atoms with Crippen LogP contribution < -0.4 is 9.46 Å². The molecular weight excluding hydrogens is 541 g/mol. The smallest absolute Gasteiger partial charge is 0.417 e. The minimum atomic E-state index is -4.75. The maximum Gasteiger partial charge on any atom is 0.417 e. The fourth-order valence-corrected chi connectivity index (χ4v) is 6.48. The van der Waals surface area contributed by atoms with Gasteiger partial charge in [-0.05, 0) is 44.2 Å². The molecule has 1 aliphatic rings. The number of sulfonamides is 1. The summed E-state index contributed by atoms with van der Waals surface area (Å²) in [6, 6.07) is 9.88. The van der Waals surface area contributed by atoms with Crippen molar-refractivity contribution in [3.05, 3.63) is 53.0 Å². The molecule has 1 aliphatic heterocycles. The van der Waals surface area contributed by atoms with Crippen molar-refractivity contribution in [2.45, 2.75) is 30.5 Å². The predicted molar refractivity (Wildman–Crippen MR) is 140 cm³/mol. The second-order valence-electron chi connectivity index (χ2n) is 9.21. The van der Waals surface area contributed by atoms with E-state index in [1.54, 1.807) is 11.3 Å². The number of nitrogens with zero attached hydrogens (tertiary/aromatic N) is 3. The van der Waals surface area contributed by atoms with E-state index >= 15 is 0 Å². The summed E-state index contributed by atoms with van der Waals surface area (Å²) in [5.41, 5.74) is -0.290. The molecule has 0 saturated carbocycles. The van der Waals surface area contributed by atoms with Crippen LogP contribution in [0.15, 0.2) is 47.4 Å². The maximum atomic E-state index is 13.2. The maximum absolute atomic E-state index is 13.2. The van der Waals surface area contributed by atoms with Crippen molar-refractivity contribution >= 4 is 31.6 Å². The normalized spacial score (nSPS) is 16.7. The Hall–Kier alpha value is -2.29. The van der Waals surface area contributed by atoms with Crippen LogP contribution >= 0.6 is 11.3 Å². The molecule has 13 heteroatoms. The first-order valence-electron chi connectivity index (χ1n) is 12.3. The van der Waals surface area contributed by atoms with E-state index in [1.165, 1.54) is 6.07 Å². The summed E-state index contributed by atoms with van der Waals surface area (Å²) >= 11 is 1.62. The van der Waals surface area contributed by atoms with Crippen molar-refractivity contribution in [3.63, 3.8) is 0 Å². The molecule has 1 aromatic heterocycles. The SMILES string of the molecule is Cc1nc2cc(OCC(O)CN3CCN(CCCNS(=O)(=O)c4ccccc4C(F)(F)F)CC3)ccc2s1. The highest BCUT2D eigenvalue weighted by Crippen LogP contribution is 2.33. The number of aliphatic hydroxyl groups excluding tert-OH is 1. The number of aromatic nitrogens is 1. The third-order valence-electron chi connectivity index (χ3n) is 6.27. The van der Waals surface area contributed by atoms with Gasteiger partial charge in [-0.1, -0.05) is 12.1 Å². The molecular formula is C25H31F3N4O4S2. The monoisotopic (exact) mass is 572 g/mol. The van der Waals surface area contributed by atoms with Gasteiger partial charge in [0.25, 0.3) is 0 Å². The van der Waals surface area contributed by atoms with Crippen molar-refractivity contribution in [2.24, 2.45) is 0 Å². The molecule has 2 aromatic carbocycles. The average molecular weight is 573 g/mol. The van der Waals surface area contributed by atoms with Crippen molar-refractivity contribution < 1.29 is 31.4 Å². The van der Waals surface area contributed by atoms with E-state index in [0.717, 1.165) is 59.6 Å². The van der Waals surface area contributed by atoms with Crippen LogP contribution in [0.5, 0.6) is 5.75 Å². The van der Waals surface area contributed by atoms with Crippen LogP contribution in [-0.4, -0.2) is 86.8 Å². The highest BCUT2D eigenvalue weighted by atomic mass is 32.2. The molecule has 2 N–H and O–H groups in total. The van der Waals surface area contributed by atoms with Crippen LogP contribution in [0.2, 0.25) is 0 Å². The number of benzene rings is 2. The Labute approximate surface area is 224 Å². The molecule has 0 spiro atoms. The van der Waals surface area contributed by atoms with Gasteiger partial charge in [0.05, 0.1) is 25.7 Å². The van der Waals surface area contributed by atoms with Gasteiger partial charge in [0, 0.05) is 45.3 Å². The number of rotatable bonds is 11. The number of hydrogen-bond donors (Lipinski definition) is 2. The number of β-amino-alcohol motifs (C(OH)–C–C–N with tert-alkyl or cyclic N) is 1. The molecule has 8 nitrogen and oxygen atoms in total. The zero-order valence-electron chi connectivity index (χ0n) is 20.9. The van der Waals surface area contributed by atoms with E-state index in [1.807, 2.05) is 25.1 Å². The standard InChI is InChI=1S/C25H31F3N4O4S2/c1-18-30-22-15-20(7-8-23(22)37-18)36-17-19(33)16-32-13-11-31(12-14-32)10-4-9-29-38(34,35)24-6-3-2-5-21(24)25(26,27)28/h2-3,5-8,15,19,29,33H,4,9-14,16-17H2,1H3. The first-order valence-corrected chi connectivity index (χ1v) is 14.6. The molecule has 1 atom stereocenters. The molecule has 3 aromatic rings. The van der Waals surface area contributed by atoms with Crippen molar-refractivity contribution in [1.29, 1.82) is 0 Å². The van der Waals surface area contributed by atoms with E-state index in [-0.39, 0.29) is 13.2 Å². The number of fused-ring (bicyclic) bond motifs is 1. The van der Waals surface area contributed by atoms with Crippen LogP contribution in [0.25, 0.3) is 10.2 Å². The number of piperazine rings is 1. The first kappa shape index (κ1) is 28.7. The number of halogens is 3. The summed E-state index contributed by atoms with van der Waals surface area (Å²) in [5.74, 6) is 0.671. The highest BCUT2D eigenvalue weighted by Gasteiger charge is 2.36. The molecule has 0 aliphatic carbocycles. The van der Waals surface area contributed by atoms with Crippen LogP contribution in [0, 0.1) is 6.92 Å². The third kappa shape index (κ3) is 7.64. The number of thiazole rings is 1. The zero-order chi connectivity index (χ0) is 27.3. The van der Waals surface area contributed by atoms with E-state index in [0.29, 0.717) is 25.3 Å². The number of hydrogen-bond acceptors (Lipinski definition) is 8. The molecule has 4 rings (SSSR count). The summed E-state index contributed by atoms with van der Waals surface area (Å²) in [6.07, 6.45) is -4.93. The second-order valence-corrected chi connectivity index (χ2v) is 12.2. The zero-order valence-corrected chi connectivity index (χ0v) is 22.6.